The third-order valence-corrected chi connectivity index (χ3v) is 7.29. The van der Waals surface area contributed by atoms with Crippen molar-refractivity contribution in [1.29, 1.82) is 0 Å². The zero-order valence-electron chi connectivity index (χ0n) is 32.7. The van der Waals surface area contributed by atoms with Gasteiger partial charge in [-0.25, -0.2) is 0 Å². The third kappa shape index (κ3) is 15.3. The molecule has 0 unspecified atom stereocenters. The zero-order valence-corrected chi connectivity index (χ0v) is 32.7. The SMILES string of the molecule is CC(C)(C)OC(=O)CN1C[C@H](N(CC(=O)OC(C)(C)C)[C@H]2C[C@@H](C(=O)OC(C)(C)C)N(CC(=O)OC(C)(C)C)C2)C[C@@H]1C(=O)OC(C)(C)C. The Morgan fingerprint density at radius 2 is 0.776 bits per heavy atom. The largest absolute Gasteiger partial charge is 0.459 e. The summed E-state index contributed by atoms with van der Waals surface area (Å²) in [6.07, 6.45) is 0.500. The first-order chi connectivity index (χ1) is 21.9. The molecule has 0 radical (unpaired) electrons. The van der Waals surface area contributed by atoms with Crippen LogP contribution >= 0.6 is 0 Å². The molecule has 2 fully saturated rings. The lowest BCUT2D eigenvalue weighted by Crippen LogP contribution is -2.49. The smallest absolute Gasteiger partial charge is 0.323 e. The third-order valence-electron chi connectivity index (χ3n) is 7.29. The lowest BCUT2D eigenvalue weighted by Gasteiger charge is -2.34. The Morgan fingerprint density at radius 3 is 1.06 bits per heavy atom. The maximum atomic E-state index is 13.6. The number of carbonyl (C=O) groups is 5. The predicted molar refractivity (Wildman–Crippen MR) is 183 cm³/mol. The summed E-state index contributed by atoms with van der Waals surface area (Å²) in [4.78, 5) is 71.9. The van der Waals surface area contributed by atoms with E-state index in [2.05, 4.69) is 0 Å². The Morgan fingerprint density at radius 1 is 0.490 bits per heavy atom. The van der Waals surface area contributed by atoms with E-state index in [4.69, 9.17) is 23.7 Å². The summed E-state index contributed by atoms with van der Waals surface area (Å²) in [5.41, 5.74) is -3.73. The van der Waals surface area contributed by atoms with Crippen LogP contribution in [0, 0.1) is 0 Å². The van der Waals surface area contributed by atoms with Gasteiger partial charge in [0.25, 0.3) is 0 Å². The van der Waals surface area contributed by atoms with Crippen molar-refractivity contribution in [3.8, 4) is 0 Å². The van der Waals surface area contributed by atoms with Crippen molar-refractivity contribution < 1.29 is 47.7 Å². The molecule has 0 saturated carbocycles. The minimum Gasteiger partial charge on any atom is -0.459 e. The molecule has 282 valence electrons. The van der Waals surface area contributed by atoms with Crippen LogP contribution in [0.25, 0.3) is 0 Å². The van der Waals surface area contributed by atoms with Gasteiger partial charge in [-0.15, -0.1) is 0 Å². The van der Waals surface area contributed by atoms with Crippen LogP contribution in [-0.4, -0.2) is 129 Å². The van der Waals surface area contributed by atoms with E-state index >= 15 is 0 Å². The minimum atomic E-state index is -0.793. The van der Waals surface area contributed by atoms with E-state index in [-0.39, 0.29) is 45.6 Å². The van der Waals surface area contributed by atoms with E-state index in [9.17, 15) is 24.0 Å². The fraction of sp³-hybridized carbons (Fsp3) is 0.861. The van der Waals surface area contributed by atoms with Crippen LogP contribution in [0.3, 0.4) is 0 Å². The molecule has 13 heteroatoms. The molecule has 2 rings (SSSR count). The number of rotatable bonds is 10. The van der Waals surface area contributed by atoms with Crippen LogP contribution < -0.4 is 0 Å². The predicted octanol–water partition coefficient (Wildman–Crippen LogP) is 3.88. The van der Waals surface area contributed by atoms with E-state index in [1.165, 1.54) is 0 Å². The van der Waals surface area contributed by atoms with Gasteiger partial charge < -0.3 is 23.7 Å². The molecular weight excluding hydrogens is 634 g/mol. The Bertz CT molecular complexity index is 1120. The number of hydrogen-bond acceptors (Lipinski definition) is 13. The van der Waals surface area contributed by atoms with E-state index in [1.807, 2.05) is 4.90 Å². The molecule has 0 aromatic heterocycles. The fourth-order valence-electron chi connectivity index (χ4n) is 5.98. The van der Waals surface area contributed by atoms with Crippen molar-refractivity contribution in [2.24, 2.45) is 0 Å². The van der Waals surface area contributed by atoms with Gasteiger partial charge in [0.2, 0.25) is 0 Å². The first-order valence-corrected chi connectivity index (χ1v) is 17.3. The molecule has 13 nitrogen and oxygen atoms in total. The Labute approximate surface area is 293 Å². The van der Waals surface area contributed by atoms with Crippen LogP contribution in [0.15, 0.2) is 0 Å². The molecule has 4 atom stereocenters. The molecule has 2 aliphatic heterocycles. The number of ether oxygens (including phenoxy) is 5. The number of esters is 5. The lowest BCUT2D eigenvalue weighted by molar-refractivity contribution is -0.165. The highest BCUT2D eigenvalue weighted by Gasteiger charge is 2.49. The molecule has 2 aliphatic rings. The zero-order chi connectivity index (χ0) is 37.9. The summed E-state index contributed by atoms with van der Waals surface area (Å²) in [7, 11) is 0. The number of hydrogen-bond donors (Lipinski definition) is 0. The Hall–Kier alpha value is -2.77. The summed E-state index contributed by atoms with van der Waals surface area (Å²) in [5.74, 6) is -2.43. The van der Waals surface area contributed by atoms with Gasteiger partial charge in [0.15, 0.2) is 0 Å². The van der Waals surface area contributed by atoms with E-state index in [0.717, 1.165) is 0 Å². The van der Waals surface area contributed by atoms with Gasteiger partial charge in [0.1, 0.15) is 40.1 Å². The van der Waals surface area contributed by atoms with Crippen molar-refractivity contribution in [3.63, 3.8) is 0 Å². The molecular formula is C36H63N3O10. The van der Waals surface area contributed by atoms with Gasteiger partial charge in [-0.1, -0.05) is 0 Å². The summed E-state index contributed by atoms with van der Waals surface area (Å²) >= 11 is 0. The highest BCUT2D eigenvalue weighted by molar-refractivity contribution is 5.80. The quantitative estimate of drug-likeness (QED) is 0.241. The summed E-state index contributed by atoms with van der Waals surface area (Å²) in [6.45, 7) is 26.7. The van der Waals surface area contributed by atoms with E-state index in [1.54, 1.807) is 114 Å². The van der Waals surface area contributed by atoms with Gasteiger partial charge >= 0.3 is 29.8 Å². The summed E-state index contributed by atoms with van der Waals surface area (Å²) in [6, 6.07) is -2.42. The Balaban J connectivity index is 2.52. The van der Waals surface area contributed by atoms with Gasteiger partial charge in [-0.05, 0) is 117 Å². The van der Waals surface area contributed by atoms with Gasteiger partial charge in [-0.2, -0.15) is 0 Å². The highest BCUT2D eigenvalue weighted by atomic mass is 16.6. The highest BCUT2D eigenvalue weighted by Crippen LogP contribution is 2.32. The number of carbonyl (C=O) groups excluding carboxylic acids is 5. The van der Waals surface area contributed by atoms with Crippen molar-refractivity contribution in [3.05, 3.63) is 0 Å². The molecule has 0 amide bonds. The molecule has 49 heavy (non-hydrogen) atoms. The average molecular weight is 698 g/mol. The normalized spacial score (nSPS) is 22.9. The fourth-order valence-corrected chi connectivity index (χ4v) is 5.98. The number of nitrogens with zero attached hydrogens (tertiary/aromatic N) is 3. The first kappa shape index (κ1) is 42.4. The van der Waals surface area contributed by atoms with Crippen LogP contribution in [0.2, 0.25) is 0 Å². The standard InChI is InChI=1S/C36H63N3O10/c1-32(2,3)45-27(40)20-37-18-23(16-25(37)30(43)48-35(10,11)12)39(22-29(42)47-34(7,8)9)24-17-26(31(44)49-36(13,14)15)38(19-24)21-28(41)46-33(4,5)6/h23-26H,16-22H2,1-15H3/t23-,24+,25-,26+. The van der Waals surface area contributed by atoms with Crippen molar-refractivity contribution in [1.82, 2.24) is 14.7 Å². The second-order valence-electron chi connectivity index (χ2n) is 18.2. The van der Waals surface area contributed by atoms with Gasteiger partial charge in [-0.3, -0.25) is 38.7 Å². The summed E-state index contributed by atoms with van der Waals surface area (Å²) in [5, 5.41) is 0. The van der Waals surface area contributed by atoms with Crippen molar-refractivity contribution >= 4 is 29.8 Å². The second-order valence-corrected chi connectivity index (χ2v) is 18.2. The van der Waals surface area contributed by atoms with Crippen LogP contribution in [0.5, 0.6) is 0 Å². The van der Waals surface area contributed by atoms with Crippen molar-refractivity contribution in [2.75, 3.05) is 32.7 Å². The summed E-state index contributed by atoms with van der Waals surface area (Å²) < 4.78 is 28.4. The topological polar surface area (TPSA) is 141 Å². The van der Waals surface area contributed by atoms with Crippen LogP contribution in [0.4, 0.5) is 0 Å². The van der Waals surface area contributed by atoms with Gasteiger partial charge in [0.05, 0.1) is 19.6 Å². The first-order valence-electron chi connectivity index (χ1n) is 17.3. The van der Waals surface area contributed by atoms with Crippen LogP contribution in [0.1, 0.15) is 117 Å². The minimum absolute atomic E-state index is 0.144. The maximum absolute atomic E-state index is 13.6. The van der Waals surface area contributed by atoms with Gasteiger partial charge in [0, 0.05) is 25.2 Å². The molecule has 2 saturated heterocycles. The van der Waals surface area contributed by atoms with E-state index < -0.39 is 82.0 Å². The second kappa shape index (κ2) is 15.6. The molecule has 2 heterocycles. The maximum Gasteiger partial charge on any atom is 0.323 e. The monoisotopic (exact) mass is 697 g/mol. The molecule has 0 N–H and O–H groups in total. The molecule has 0 aromatic rings. The van der Waals surface area contributed by atoms with Crippen molar-refractivity contribution in [2.45, 2.75) is 169 Å². The van der Waals surface area contributed by atoms with Crippen LogP contribution in [-0.2, 0) is 47.7 Å². The molecule has 0 aromatic carbocycles. The molecule has 0 bridgehead atoms. The number of likely N-dealkylation sites (tertiary alicyclic amines) is 2. The molecule has 0 aliphatic carbocycles. The average Bonchev–Trinajstić information content (AvgIpc) is 3.41. The Kier molecular flexibility index (Phi) is 13.5. The van der Waals surface area contributed by atoms with E-state index in [0.29, 0.717) is 0 Å². The lowest BCUT2D eigenvalue weighted by atomic mass is 10.0. The molecule has 0 spiro atoms.